The SMILES string of the molecule is COc1ccc(CN(C)C)cc1NC(=O)CC(CN)OC. The van der Waals surface area contributed by atoms with Crippen LogP contribution in [0.15, 0.2) is 18.2 Å². The van der Waals surface area contributed by atoms with Crippen molar-refractivity contribution in [3.05, 3.63) is 23.8 Å². The van der Waals surface area contributed by atoms with Crippen molar-refractivity contribution in [3.63, 3.8) is 0 Å². The van der Waals surface area contributed by atoms with Crippen molar-refractivity contribution in [2.45, 2.75) is 19.1 Å². The zero-order valence-corrected chi connectivity index (χ0v) is 13.2. The predicted molar refractivity (Wildman–Crippen MR) is 83.5 cm³/mol. The number of ether oxygens (including phenoxy) is 2. The molecule has 21 heavy (non-hydrogen) atoms. The summed E-state index contributed by atoms with van der Waals surface area (Å²) in [7, 11) is 7.11. The molecule has 118 valence electrons. The predicted octanol–water partition coefficient (Wildman–Crippen LogP) is 1.06. The van der Waals surface area contributed by atoms with E-state index in [0.717, 1.165) is 12.1 Å². The summed E-state index contributed by atoms with van der Waals surface area (Å²) in [6, 6.07) is 5.75. The third-order valence-corrected chi connectivity index (χ3v) is 3.05. The fourth-order valence-electron chi connectivity index (χ4n) is 1.99. The van der Waals surface area contributed by atoms with Gasteiger partial charge in [0.1, 0.15) is 5.75 Å². The zero-order valence-electron chi connectivity index (χ0n) is 13.2. The van der Waals surface area contributed by atoms with Crippen LogP contribution in [0.3, 0.4) is 0 Å². The van der Waals surface area contributed by atoms with E-state index in [2.05, 4.69) is 10.2 Å². The fraction of sp³-hybridized carbons (Fsp3) is 0.533. The first-order valence-electron chi connectivity index (χ1n) is 6.84. The highest BCUT2D eigenvalue weighted by molar-refractivity contribution is 5.92. The molecule has 6 heteroatoms. The summed E-state index contributed by atoms with van der Waals surface area (Å²) in [6.07, 6.45) is -0.0606. The zero-order chi connectivity index (χ0) is 15.8. The molecule has 0 saturated heterocycles. The van der Waals surface area contributed by atoms with Crippen molar-refractivity contribution in [2.24, 2.45) is 5.73 Å². The van der Waals surface area contributed by atoms with Gasteiger partial charge in [-0.15, -0.1) is 0 Å². The van der Waals surface area contributed by atoms with Gasteiger partial charge in [-0.25, -0.2) is 0 Å². The molecule has 1 amide bonds. The van der Waals surface area contributed by atoms with E-state index in [-0.39, 0.29) is 18.4 Å². The van der Waals surface area contributed by atoms with Gasteiger partial charge in [-0.2, -0.15) is 0 Å². The fourth-order valence-corrected chi connectivity index (χ4v) is 1.99. The minimum Gasteiger partial charge on any atom is -0.495 e. The van der Waals surface area contributed by atoms with Crippen molar-refractivity contribution in [1.29, 1.82) is 0 Å². The molecule has 6 nitrogen and oxygen atoms in total. The molecule has 1 aromatic rings. The molecule has 0 saturated carbocycles. The summed E-state index contributed by atoms with van der Waals surface area (Å²) >= 11 is 0. The molecule has 0 radical (unpaired) electrons. The van der Waals surface area contributed by atoms with Crippen LogP contribution < -0.4 is 15.8 Å². The van der Waals surface area contributed by atoms with Crippen LogP contribution in [-0.4, -0.2) is 51.8 Å². The van der Waals surface area contributed by atoms with Gasteiger partial charge in [0.05, 0.1) is 25.3 Å². The molecule has 1 rings (SSSR count). The maximum Gasteiger partial charge on any atom is 0.227 e. The molecule has 0 spiro atoms. The number of carbonyl (C=O) groups excluding carboxylic acids is 1. The van der Waals surface area contributed by atoms with E-state index in [4.69, 9.17) is 15.2 Å². The van der Waals surface area contributed by atoms with Gasteiger partial charge in [0.2, 0.25) is 5.91 Å². The second-order valence-corrected chi connectivity index (χ2v) is 5.12. The molecule has 0 heterocycles. The highest BCUT2D eigenvalue weighted by Gasteiger charge is 2.14. The average molecular weight is 295 g/mol. The van der Waals surface area contributed by atoms with Crippen molar-refractivity contribution >= 4 is 11.6 Å². The summed E-state index contributed by atoms with van der Waals surface area (Å²) in [5.74, 6) is 0.486. The second kappa shape index (κ2) is 8.61. The first-order chi connectivity index (χ1) is 9.99. The van der Waals surface area contributed by atoms with E-state index in [1.807, 2.05) is 32.3 Å². The van der Waals surface area contributed by atoms with Gasteiger partial charge in [-0.1, -0.05) is 6.07 Å². The van der Waals surface area contributed by atoms with Crippen LogP contribution in [0.4, 0.5) is 5.69 Å². The largest absolute Gasteiger partial charge is 0.495 e. The number of nitrogens with two attached hydrogens (primary N) is 1. The third kappa shape index (κ3) is 5.71. The van der Waals surface area contributed by atoms with Gasteiger partial charge in [0.25, 0.3) is 0 Å². The molecule has 0 aliphatic carbocycles. The number of rotatable bonds is 8. The average Bonchev–Trinajstić information content (AvgIpc) is 2.44. The lowest BCUT2D eigenvalue weighted by Gasteiger charge is -2.16. The molecule has 1 atom stereocenters. The number of anilines is 1. The Hall–Kier alpha value is -1.63. The molecule has 0 bridgehead atoms. The van der Waals surface area contributed by atoms with E-state index in [9.17, 15) is 4.79 Å². The number of hydrogen-bond acceptors (Lipinski definition) is 5. The van der Waals surface area contributed by atoms with E-state index in [1.165, 1.54) is 0 Å². The van der Waals surface area contributed by atoms with Gasteiger partial charge in [-0.05, 0) is 31.8 Å². The number of hydrogen-bond donors (Lipinski definition) is 2. The molecule has 0 aliphatic rings. The topological polar surface area (TPSA) is 76.8 Å². The number of nitrogens with zero attached hydrogens (tertiary/aromatic N) is 1. The maximum absolute atomic E-state index is 12.0. The Kier molecular flexibility index (Phi) is 7.14. The van der Waals surface area contributed by atoms with Crippen LogP contribution >= 0.6 is 0 Å². The molecule has 3 N–H and O–H groups in total. The smallest absolute Gasteiger partial charge is 0.227 e. The molecule has 0 aliphatic heterocycles. The van der Waals surface area contributed by atoms with Gasteiger partial charge >= 0.3 is 0 Å². The Morgan fingerprint density at radius 2 is 2.10 bits per heavy atom. The Bertz CT molecular complexity index is 459. The monoisotopic (exact) mass is 295 g/mol. The molecule has 1 aromatic carbocycles. The quantitative estimate of drug-likeness (QED) is 0.750. The van der Waals surface area contributed by atoms with Crippen molar-refractivity contribution in [2.75, 3.05) is 40.2 Å². The lowest BCUT2D eigenvalue weighted by atomic mass is 10.1. The molecular formula is C15H25N3O3. The van der Waals surface area contributed by atoms with Crippen LogP contribution in [0.2, 0.25) is 0 Å². The van der Waals surface area contributed by atoms with Crippen LogP contribution in [-0.2, 0) is 16.1 Å². The van der Waals surface area contributed by atoms with Gasteiger partial charge in [0.15, 0.2) is 0 Å². The van der Waals surface area contributed by atoms with Crippen LogP contribution in [0.5, 0.6) is 5.75 Å². The summed E-state index contributed by atoms with van der Waals surface area (Å²) in [5, 5.41) is 2.86. The van der Waals surface area contributed by atoms with E-state index >= 15 is 0 Å². The van der Waals surface area contributed by atoms with E-state index < -0.39 is 0 Å². The maximum atomic E-state index is 12.0. The van der Waals surface area contributed by atoms with Gasteiger partial charge < -0.3 is 25.4 Å². The van der Waals surface area contributed by atoms with Crippen LogP contribution in [0, 0.1) is 0 Å². The van der Waals surface area contributed by atoms with Crippen molar-refractivity contribution < 1.29 is 14.3 Å². The summed E-state index contributed by atoms with van der Waals surface area (Å²) < 4.78 is 10.4. The minimum absolute atomic E-state index is 0.146. The summed E-state index contributed by atoms with van der Waals surface area (Å²) in [4.78, 5) is 14.1. The lowest BCUT2D eigenvalue weighted by Crippen LogP contribution is -2.28. The highest BCUT2D eigenvalue weighted by atomic mass is 16.5. The van der Waals surface area contributed by atoms with Gasteiger partial charge in [-0.3, -0.25) is 4.79 Å². The Balaban J connectivity index is 2.81. The molecule has 0 aromatic heterocycles. The molecule has 1 unspecified atom stereocenters. The van der Waals surface area contributed by atoms with Crippen LogP contribution in [0.1, 0.15) is 12.0 Å². The van der Waals surface area contributed by atoms with Crippen molar-refractivity contribution in [3.8, 4) is 5.75 Å². The standard InChI is InChI=1S/C15H25N3O3/c1-18(2)10-11-5-6-14(21-4)13(7-11)17-15(19)8-12(9-16)20-3/h5-7,12H,8-10,16H2,1-4H3,(H,17,19). The number of nitrogens with one attached hydrogen (secondary N) is 1. The Labute approximate surface area is 126 Å². The van der Waals surface area contributed by atoms with E-state index in [1.54, 1.807) is 14.2 Å². The van der Waals surface area contributed by atoms with Crippen LogP contribution in [0.25, 0.3) is 0 Å². The lowest BCUT2D eigenvalue weighted by molar-refractivity contribution is -0.118. The van der Waals surface area contributed by atoms with Gasteiger partial charge in [0, 0.05) is 20.2 Å². The minimum atomic E-state index is -0.277. The Morgan fingerprint density at radius 3 is 2.62 bits per heavy atom. The summed E-state index contributed by atoms with van der Waals surface area (Å²) in [5.41, 5.74) is 7.28. The summed E-state index contributed by atoms with van der Waals surface area (Å²) in [6.45, 7) is 1.10. The number of benzene rings is 1. The number of carbonyl (C=O) groups is 1. The first kappa shape index (κ1) is 17.4. The second-order valence-electron chi connectivity index (χ2n) is 5.12. The first-order valence-corrected chi connectivity index (χ1v) is 6.84. The number of amides is 1. The van der Waals surface area contributed by atoms with E-state index in [0.29, 0.717) is 18.0 Å². The number of methoxy groups -OCH3 is 2. The third-order valence-electron chi connectivity index (χ3n) is 3.05. The van der Waals surface area contributed by atoms with Crippen molar-refractivity contribution in [1.82, 2.24) is 4.90 Å². The Morgan fingerprint density at radius 1 is 1.38 bits per heavy atom. The molecular weight excluding hydrogens is 270 g/mol. The highest BCUT2D eigenvalue weighted by Crippen LogP contribution is 2.26. The normalized spacial score (nSPS) is 12.3. The molecule has 0 fully saturated rings.